The second-order valence-electron chi connectivity index (χ2n) is 7.98. The van der Waals surface area contributed by atoms with Crippen molar-refractivity contribution in [1.29, 1.82) is 0 Å². The summed E-state index contributed by atoms with van der Waals surface area (Å²) in [5.74, 6) is 0.849. The Bertz CT molecular complexity index is 1150. The van der Waals surface area contributed by atoms with Crippen LogP contribution in [-0.2, 0) is 33.3 Å². The van der Waals surface area contributed by atoms with E-state index in [1.54, 1.807) is 22.5 Å². The van der Waals surface area contributed by atoms with Crippen molar-refractivity contribution >= 4 is 31.3 Å². The molecule has 0 bridgehead atoms. The SMILES string of the molecule is CCN(CC)S(=O)(=O)N1CCN(Cc2nc3cc(S(=O)(=O)N(C)C)ccc3n2CC)CC1. The van der Waals surface area contributed by atoms with Crippen molar-refractivity contribution < 1.29 is 16.8 Å². The highest BCUT2D eigenvalue weighted by Gasteiger charge is 2.31. The molecule has 0 spiro atoms. The number of hydrogen-bond acceptors (Lipinski definition) is 6. The van der Waals surface area contributed by atoms with Crippen LogP contribution < -0.4 is 0 Å². The molecule has 2 aromatic rings. The molecule has 1 aliphatic heterocycles. The van der Waals surface area contributed by atoms with Gasteiger partial charge >= 0.3 is 0 Å². The van der Waals surface area contributed by atoms with Crippen LogP contribution in [0.15, 0.2) is 23.1 Å². The molecule has 3 rings (SSSR count). The molecule has 2 heterocycles. The normalized spacial score (nSPS) is 17.1. The Balaban J connectivity index is 1.78. The first-order valence-corrected chi connectivity index (χ1v) is 13.8. The van der Waals surface area contributed by atoms with Crippen LogP contribution in [0.3, 0.4) is 0 Å². The lowest BCUT2D eigenvalue weighted by molar-refractivity contribution is 0.170. The highest BCUT2D eigenvalue weighted by molar-refractivity contribution is 7.89. The first-order valence-electron chi connectivity index (χ1n) is 11.0. The van der Waals surface area contributed by atoms with Gasteiger partial charge in [0.1, 0.15) is 5.82 Å². The summed E-state index contributed by atoms with van der Waals surface area (Å²) in [6.07, 6.45) is 0. The fraction of sp³-hybridized carbons (Fsp3) is 0.650. The van der Waals surface area contributed by atoms with Crippen LogP contribution in [0.5, 0.6) is 0 Å². The van der Waals surface area contributed by atoms with Gasteiger partial charge in [-0.3, -0.25) is 4.90 Å². The Morgan fingerprint density at radius 3 is 2.12 bits per heavy atom. The summed E-state index contributed by atoms with van der Waals surface area (Å²) in [5.41, 5.74) is 1.54. The highest BCUT2D eigenvalue weighted by atomic mass is 32.2. The number of benzene rings is 1. The fourth-order valence-electron chi connectivity index (χ4n) is 4.04. The second-order valence-corrected chi connectivity index (χ2v) is 12.1. The monoisotopic (exact) mass is 486 g/mol. The third-order valence-electron chi connectivity index (χ3n) is 5.95. The third kappa shape index (κ3) is 4.70. The van der Waals surface area contributed by atoms with Crippen molar-refractivity contribution in [3.05, 3.63) is 24.0 Å². The number of fused-ring (bicyclic) bond motifs is 1. The molecule has 10 nitrogen and oxygen atoms in total. The highest BCUT2D eigenvalue weighted by Crippen LogP contribution is 2.23. The number of aromatic nitrogens is 2. The second kappa shape index (κ2) is 9.74. The lowest BCUT2D eigenvalue weighted by Crippen LogP contribution is -2.52. The van der Waals surface area contributed by atoms with Gasteiger partial charge in [-0.05, 0) is 25.1 Å². The Morgan fingerprint density at radius 1 is 0.969 bits per heavy atom. The van der Waals surface area contributed by atoms with Gasteiger partial charge in [0.05, 0.1) is 22.5 Å². The van der Waals surface area contributed by atoms with E-state index < -0.39 is 20.2 Å². The maximum Gasteiger partial charge on any atom is 0.282 e. The van der Waals surface area contributed by atoms with Gasteiger partial charge in [-0.15, -0.1) is 0 Å². The number of piperazine rings is 1. The molecule has 1 saturated heterocycles. The smallest absolute Gasteiger partial charge is 0.282 e. The van der Waals surface area contributed by atoms with E-state index in [1.165, 1.54) is 22.7 Å². The molecule has 1 aromatic heterocycles. The first kappa shape index (κ1) is 25.1. The van der Waals surface area contributed by atoms with Crippen LogP contribution in [0.1, 0.15) is 26.6 Å². The van der Waals surface area contributed by atoms with E-state index in [2.05, 4.69) is 9.47 Å². The zero-order valence-corrected chi connectivity index (χ0v) is 21.2. The molecule has 0 unspecified atom stereocenters. The van der Waals surface area contributed by atoms with E-state index in [0.717, 1.165) is 11.3 Å². The topological polar surface area (TPSA) is 99.1 Å². The minimum atomic E-state index is -3.53. The average Bonchev–Trinajstić information content (AvgIpc) is 3.10. The van der Waals surface area contributed by atoms with Crippen LogP contribution in [0, 0.1) is 0 Å². The van der Waals surface area contributed by atoms with Crippen molar-refractivity contribution in [1.82, 2.24) is 27.4 Å². The van der Waals surface area contributed by atoms with E-state index in [4.69, 9.17) is 4.98 Å². The quantitative estimate of drug-likeness (QED) is 0.525. The van der Waals surface area contributed by atoms with Gasteiger partial charge in [0.25, 0.3) is 10.2 Å². The maximum absolute atomic E-state index is 12.8. The predicted molar refractivity (Wildman–Crippen MR) is 125 cm³/mol. The summed E-state index contributed by atoms with van der Waals surface area (Å²) in [5, 5.41) is 0. The number of rotatable bonds is 9. The number of nitrogens with zero attached hydrogens (tertiary/aromatic N) is 6. The van der Waals surface area contributed by atoms with E-state index in [-0.39, 0.29) is 4.90 Å². The molecule has 1 aromatic carbocycles. The number of hydrogen-bond donors (Lipinski definition) is 0. The number of sulfonamides is 1. The third-order valence-corrected chi connectivity index (χ3v) is 9.95. The van der Waals surface area contributed by atoms with E-state index >= 15 is 0 Å². The minimum absolute atomic E-state index is 0.220. The van der Waals surface area contributed by atoms with E-state index in [9.17, 15) is 16.8 Å². The van der Waals surface area contributed by atoms with Gasteiger partial charge < -0.3 is 4.57 Å². The molecular formula is C20H34N6O4S2. The van der Waals surface area contributed by atoms with Crippen molar-refractivity contribution in [3.8, 4) is 0 Å². The predicted octanol–water partition coefficient (Wildman–Crippen LogP) is 1.01. The standard InChI is InChI=1S/C20H34N6O4S2/c1-6-24(7-2)32(29,30)25-13-11-23(12-14-25)16-20-21-18-15-17(31(27,28)22(4)5)9-10-19(18)26(20)8-3/h9-10,15H,6-8,11-14,16H2,1-5H3. The number of imidazole rings is 1. The Kier molecular flexibility index (Phi) is 7.62. The van der Waals surface area contributed by atoms with Gasteiger partial charge in [-0.2, -0.15) is 17.0 Å². The Hall–Kier alpha value is -1.57. The van der Waals surface area contributed by atoms with Crippen LogP contribution in [0.25, 0.3) is 11.0 Å². The Labute approximate surface area is 191 Å². The van der Waals surface area contributed by atoms with Gasteiger partial charge in [-0.1, -0.05) is 13.8 Å². The maximum atomic E-state index is 12.8. The van der Waals surface area contributed by atoms with Crippen LogP contribution in [0.4, 0.5) is 0 Å². The van der Waals surface area contributed by atoms with Crippen molar-refractivity contribution in [2.75, 3.05) is 53.4 Å². The summed E-state index contributed by atoms with van der Waals surface area (Å²) >= 11 is 0. The van der Waals surface area contributed by atoms with Crippen molar-refractivity contribution in [2.24, 2.45) is 0 Å². The molecule has 0 radical (unpaired) electrons. The summed E-state index contributed by atoms with van der Waals surface area (Å²) in [7, 11) is -3.93. The van der Waals surface area contributed by atoms with E-state index in [0.29, 0.717) is 57.9 Å². The van der Waals surface area contributed by atoms with Crippen LogP contribution in [-0.4, -0.2) is 97.6 Å². The summed E-state index contributed by atoms with van der Waals surface area (Å²) in [6, 6.07) is 5.04. The average molecular weight is 487 g/mol. The first-order chi connectivity index (χ1) is 15.1. The van der Waals surface area contributed by atoms with Crippen molar-refractivity contribution in [3.63, 3.8) is 0 Å². The molecule has 0 aliphatic carbocycles. The van der Waals surface area contributed by atoms with E-state index in [1.807, 2.05) is 20.8 Å². The number of aryl methyl sites for hydroxylation is 1. The molecule has 180 valence electrons. The zero-order valence-electron chi connectivity index (χ0n) is 19.5. The lowest BCUT2D eigenvalue weighted by Gasteiger charge is -2.36. The molecule has 1 fully saturated rings. The molecule has 1 aliphatic rings. The van der Waals surface area contributed by atoms with Crippen LogP contribution >= 0.6 is 0 Å². The Morgan fingerprint density at radius 2 is 1.59 bits per heavy atom. The lowest BCUT2D eigenvalue weighted by atomic mass is 10.3. The minimum Gasteiger partial charge on any atom is -0.327 e. The van der Waals surface area contributed by atoms with Gasteiger partial charge in [0.2, 0.25) is 10.0 Å². The van der Waals surface area contributed by atoms with Gasteiger partial charge in [0.15, 0.2) is 0 Å². The molecule has 0 N–H and O–H groups in total. The summed E-state index contributed by atoms with van der Waals surface area (Å²) < 4.78 is 56.8. The largest absolute Gasteiger partial charge is 0.327 e. The van der Waals surface area contributed by atoms with Gasteiger partial charge in [-0.25, -0.2) is 17.7 Å². The summed E-state index contributed by atoms with van der Waals surface area (Å²) in [6.45, 7) is 10.1. The molecule has 0 amide bonds. The molecular weight excluding hydrogens is 452 g/mol. The molecule has 32 heavy (non-hydrogen) atoms. The van der Waals surface area contributed by atoms with Crippen molar-refractivity contribution in [2.45, 2.75) is 38.8 Å². The molecule has 0 atom stereocenters. The fourth-order valence-corrected chi connectivity index (χ4v) is 6.56. The van der Waals surface area contributed by atoms with Gasteiger partial charge in [0, 0.05) is 59.9 Å². The summed E-state index contributed by atoms with van der Waals surface area (Å²) in [4.78, 5) is 7.15. The molecule has 12 heteroatoms. The van der Waals surface area contributed by atoms with Crippen LogP contribution in [0.2, 0.25) is 0 Å². The molecule has 0 saturated carbocycles. The zero-order chi connectivity index (χ0) is 23.7.